The Morgan fingerprint density at radius 3 is 2.80 bits per heavy atom. The van der Waals surface area contributed by atoms with Crippen LogP contribution in [0.4, 0.5) is 0 Å². The molecule has 4 nitrogen and oxygen atoms in total. The molecule has 0 saturated carbocycles. The average Bonchev–Trinajstić information content (AvgIpc) is 2.48. The fourth-order valence-corrected chi connectivity index (χ4v) is 2.15. The van der Waals surface area contributed by atoms with Gasteiger partial charge in [-0.05, 0) is 36.4 Å². The minimum absolute atomic E-state index is 0.169. The Balaban J connectivity index is 1.76. The molecule has 1 heterocycles. The highest BCUT2D eigenvalue weighted by Crippen LogP contribution is 2.19. The molecule has 6 heteroatoms. The van der Waals surface area contributed by atoms with Gasteiger partial charge in [0.05, 0.1) is 17.7 Å². The molecule has 0 radical (unpaired) electrons. The lowest BCUT2D eigenvalue weighted by Gasteiger charge is -2.00. The molecule has 0 saturated heterocycles. The Labute approximate surface area is 126 Å². The zero-order valence-corrected chi connectivity index (χ0v) is 12.1. The predicted octanol–water partition coefficient (Wildman–Crippen LogP) is 2.98. The van der Waals surface area contributed by atoms with Crippen molar-refractivity contribution in [1.29, 1.82) is 0 Å². The molecule has 0 spiro atoms. The van der Waals surface area contributed by atoms with Crippen LogP contribution in [0.15, 0.2) is 58.7 Å². The number of nitrogens with zero attached hydrogens (tertiary/aromatic N) is 2. The molecule has 0 bridgehead atoms. The third kappa shape index (κ3) is 5.03. The Morgan fingerprint density at radius 2 is 2.10 bits per heavy atom. The summed E-state index contributed by atoms with van der Waals surface area (Å²) >= 11 is 7.21. The van der Waals surface area contributed by atoms with Crippen molar-refractivity contribution < 1.29 is 4.79 Å². The Bertz CT molecular complexity index is 587. The number of hydrazone groups is 1. The number of amides is 1. The SMILES string of the molecule is O=C(CSc1ccc(Cl)cc1)N/N=C/c1ccccn1. The van der Waals surface area contributed by atoms with E-state index in [2.05, 4.69) is 15.5 Å². The monoisotopic (exact) mass is 305 g/mol. The Kier molecular flexibility index (Phi) is 5.58. The summed E-state index contributed by atoms with van der Waals surface area (Å²) in [5.74, 6) is 0.124. The zero-order chi connectivity index (χ0) is 14.2. The van der Waals surface area contributed by atoms with Crippen LogP contribution in [-0.4, -0.2) is 22.9 Å². The minimum Gasteiger partial charge on any atom is -0.272 e. The van der Waals surface area contributed by atoms with E-state index in [1.165, 1.54) is 18.0 Å². The summed E-state index contributed by atoms with van der Waals surface area (Å²) in [4.78, 5) is 16.6. The number of hydrogen-bond donors (Lipinski definition) is 1. The normalized spacial score (nSPS) is 10.7. The topological polar surface area (TPSA) is 54.4 Å². The first kappa shape index (κ1) is 14.6. The first-order valence-electron chi connectivity index (χ1n) is 5.85. The van der Waals surface area contributed by atoms with E-state index in [-0.39, 0.29) is 5.91 Å². The highest BCUT2D eigenvalue weighted by Gasteiger charge is 2.01. The standard InChI is InChI=1S/C14H12ClN3OS/c15-11-4-6-13(7-5-11)20-10-14(19)18-17-9-12-3-1-2-8-16-12/h1-9H,10H2,(H,18,19)/b17-9+. The van der Waals surface area contributed by atoms with Crippen molar-refractivity contribution in [3.05, 3.63) is 59.4 Å². The molecule has 1 aromatic heterocycles. The maximum absolute atomic E-state index is 11.6. The van der Waals surface area contributed by atoms with Crippen LogP contribution >= 0.6 is 23.4 Å². The van der Waals surface area contributed by atoms with Gasteiger partial charge >= 0.3 is 0 Å². The van der Waals surface area contributed by atoms with Crippen molar-refractivity contribution in [3.63, 3.8) is 0 Å². The van der Waals surface area contributed by atoms with Gasteiger partial charge in [0.2, 0.25) is 5.91 Å². The van der Waals surface area contributed by atoms with E-state index in [4.69, 9.17) is 11.6 Å². The predicted molar refractivity (Wildman–Crippen MR) is 82.1 cm³/mol. The molecule has 2 aromatic rings. The van der Waals surface area contributed by atoms with Gasteiger partial charge in [0.1, 0.15) is 0 Å². The summed E-state index contributed by atoms with van der Waals surface area (Å²) in [5, 5.41) is 4.53. The van der Waals surface area contributed by atoms with Gasteiger partial charge < -0.3 is 0 Å². The fraction of sp³-hybridized carbons (Fsp3) is 0.0714. The highest BCUT2D eigenvalue weighted by molar-refractivity contribution is 8.00. The van der Waals surface area contributed by atoms with Crippen molar-refractivity contribution in [2.24, 2.45) is 5.10 Å². The van der Waals surface area contributed by atoms with Crippen molar-refractivity contribution >= 4 is 35.5 Å². The van der Waals surface area contributed by atoms with Gasteiger partial charge in [-0.25, -0.2) is 5.43 Å². The van der Waals surface area contributed by atoms with Crippen molar-refractivity contribution in [3.8, 4) is 0 Å². The van der Waals surface area contributed by atoms with Gasteiger partial charge in [0.15, 0.2) is 0 Å². The maximum atomic E-state index is 11.6. The van der Waals surface area contributed by atoms with Crippen LogP contribution in [0.1, 0.15) is 5.69 Å². The van der Waals surface area contributed by atoms with E-state index in [9.17, 15) is 4.79 Å². The van der Waals surface area contributed by atoms with Crippen LogP contribution < -0.4 is 5.43 Å². The second-order valence-corrected chi connectivity index (χ2v) is 5.28. The zero-order valence-electron chi connectivity index (χ0n) is 10.5. The molecule has 0 unspecified atom stereocenters. The van der Waals surface area contributed by atoms with Crippen LogP contribution in [-0.2, 0) is 4.79 Å². The van der Waals surface area contributed by atoms with E-state index in [0.717, 1.165) is 4.90 Å². The summed E-state index contributed by atoms with van der Waals surface area (Å²) in [6.45, 7) is 0. The van der Waals surface area contributed by atoms with Gasteiger partial charge in [-0.1, -0.05) is 17.7 Å². The molecular formula is C14H12ClN3OS. The first-order valence-corrected chi connectivity index (χ1v) is 7.22. The molecule has 0 fully saturated rings. The second kappa shape index (κ2) is 7.67. The Hall–Kier alpha value is -1.85. The second-order valence-electron chi connectivity index (χ2n) is 3.79. The van der Waals surface area contributed by atoms with Gasteiger partial charge in [-0.15, -0.1) is 11.8 Å². The number of nitrogens with one attached hydrogen (secondary N) is 1. The number of aromatic nitrogens is 1. The number of halogens is 1. The number of pyridine rings is 1. The van der Waals surface area contributed by atoms with Crippen LogP contribution in [0, 0.1) is 0 Å². The Morgan fingerprint density at radius 1 is 1.30 bits per heavy atom. The maximum Gasteiger partial charge on any atom is 0.250 e. The molecule has 0 aliphatic heterocycles. The first-order chi connectivity index (χ1) is 9.74. The highest BCUT2D eigenvalue weighted by atomic mass is 35.5. The smallest absolute Gasteiger partial charge is 0.250 e. The number of hydrogen-bond acceptors (Lipinski definition) is 4. The summed E-state index contributed by atoms with van der Waals surface area (Å²) in [5.41, 5.74) is 3.15. The molecule has 20 heavy (non-hydrogen) atoms. The average molecular weight is 306 g/mol. The third-order valence-corrected chi connectivity index (χ3v) is 3.52. The number of carbonyl (C=O) groups excluding carboxylic acids is 1. The number of benzene rings is 1. The van der Waals surface area contributed by atoms with Crippen LogP contribution in [0.25, 0.3) is 0 Å². The lowest BCUT2D eigenvalue weighted by molar-refractivity contribution is -0.118. The minimum atomic E-state index is -0.169. The molecule has 2 rings (SSSR count). The molecule has 1 amide bonds. The summed E-state index contributed by atoms with van der Waals surface area (Å²) in [6, 6.07) is 12.8. The molecule has 0 aliphatic carbocycles. The van der Waals surface area contributed by atoms with Gasteiger partial charge in [0, 0.05) is 16.1 Å². The third-order valence-electron chi connectivity index (χ3n) is 2.26. The van der Waals surface area contributed by atoms with E-state index in [1.54, 1.807) is 24.4 Å². The van der Waals surface area contributed by atoms with Crippen LogP contribution in [0.5, 0.6) is 0 Å². The number of carbonyl (C=O) groups is 1. The molecule has 0 atom stereocenters. The van der Waals surface area contributed by atoms with Crippen molar-refractivity contribution in [2.45, 2.75) is 4.90 Å². The van der Waals surface area contributed by atoms with E-state index >= 15 is 0 Å². The fourth-order valence-electron chi connectivity index (χ4n) is 1.33. The molecular weight excluding hydrogens is 294 g/mol. The van der Waals surface area contributed by atoms with Crippen molar-refractivity contribution in [1.82, 2.24) is 10.4 Å². The number of rotatable bonds is 5. The summed E-state index contributed by atoms with van der Waals surface area (Å²) < 4.78 is 0. The molecule has 0 aliphatic rings. The molecule has 1 aromatic carbocycles. The van der Waals surface area contributed by atoms with Crippen LogP contribution in [0.3, 0.4) is 0 Å². The van der Waals surface area contributed by atoms with E-state index in [1.807, 2.05) is 24.3 Å². The molecule has 102 valence electrons. The van der Waals surface area contributed by atoms with Gasteiger partial charge in [-0.3, -0.25) is 9.78 Å². The van der Waals surface area contributed by atoms with E-state index < -0.39 is 0 Å². The van der Waals surface area contributed by atoms with Gasteiger partial charge in [0.25, 0.3) is 0 Å². The van der Waals surface area contributed by atoms with Crippen molar-refractivity contribution in [2.75, 3.05) is 5.75 Å². The largest absolute Gasteiger partial charge is 0.272 e. The lowest BCUT2D eigenvalue weighted by Crippen LogP contribution is -2.19. The van der Waals surface area contributed by atoms with Crippen LogP contribution in [0.2, 0.25) is 5.02 Å². The van der Waals surface area contributed by atoms with Gasteiger partial charge in [-0.2, -0.15) is 5.10 Å². The summed E-state index contributed by atoms with van der Waals surface area (Å²) in [7, 11) is 0. The van der Waals surface area contributed by atoms with E-state index in [0.29, 0.717) is 16.5 Å². The molecule has 1 N–H and O–H groups in total. The number of thioether (sulfide) groups is 1. The quantitative estimate of drug-likeness (QED) is 0.525. The summed E-state index contributed by atoms with van der Waals surface area (Å²) in [6.07, 6.45) is 3.17. The lowest BCUT2D eigenvalue weighted by atomic mass is 10.4.